The van der Waals surface area contributed by atoms with E-state index in [9.17, 15) is 13.2 Å². The van der Waals surface area contributed by atoms with Crippen LogP contribution in [0.25, 0.3) is 0 Å². The molecular formula is C9H18N2O4S. The van der Waals surface area contributed by atoms with Crippen molar-refractivity contribution in [1.29, 1.82) is 0 Å². The Balaban J connectivity index is 2.86. The number of nitrogens with zero attached hydrogens (tertiary/aromatic N) is 2. The second kappa shape index (κ2) is 5.11. The maximum atomic E-state index is 11.9. The summed E-state index contributed by atoms with van der Waals surface area (Å²) in [7, 11) is -0.571. The van der Waals surface area contributed by atoms with E-state index in [1.54, 1.807) is 0 Å². The van der Waals surface area contributed by atoms with Crippen LogP contribution in [0.15, 0.2) is 0 Å². The molecule has 1 unspecified atom stereocenters. The summed E-state index contributed by atoms with van der Waals surface area (Å²) in [5, 5.41) is 8.75. The standard InChI is InChI=1S/C9H18N2O4S/c1-10(2)16(14,15)11-6-4-3-5-8(11)7-9(12)13/h8H,3-7H2,1-2H3,(H,12,13). The number of carboxylic acids is 1. The zero-order valence-corrected chi connectivity index (χ0v) is 10.4. The lowest BCUT2D eigenvalue weighted by molar-refractivity contribution is -0.138. The van der Waals surface area contributed by atoms with Crippen LogP contribution in [0.5, 0.6) is 0 Å². The fourth-order valence-electron chi connectivity index (χ4n) is 1.89. The molecule has 94 valence electrons. The van der Waals surface area contributed by atoms with Gasteiger partial charge >= 0.3 is 5.97 Å². The molecule has 1 heterocycles. The van der Waals surface area contributed by atoms with Crippen LogP contribution >= 0.6 is 0 Å². The molecule has 1 aliphatic heterocycles. The van der Waals surface area contributed by atoms with Gasteiger partial charge in [0.1, 0.15) is 0 Å². The first kappa shape index (κ1) is 13.4. The molecule has 1 aliphatic rings. The van der Waals surface area contributed by atoms with E-state index in [1.165, 1.54) is 18.4 Å². The highest BCUT2D eigenvalue weighted by Crippen LogP contribution is 2.23. The Kier molecular flexibility index (Phi) is 4.28. The number of hydrogen-bond donors (Lipinski definition) is 1. The van der Waals surface area contributed by atoms with Gasteiger partial charge in [0.15, 0.2) is 0 Å². The van der Waals surface area contributed by atoms with Crippen molar-refractivity contribution in [3.63, 3.8) is 0 Å². The van der Waals surface area contributed by atoms with Crippen molar-refractivity contribution in [1.82, 2.24) is 8.61 Å². The van der Waals surface area contributed by atoms with Crippen molar-refractivity contribution < 1.29 is 18.3 Å². The van der Waals surface area contributed by atoms with Crippen molar-refractivity contribution in [2.45, 2.75) is 31.7 Å². The molecule has 0 radical (unpaired) electrons. The average molecular weight is 250 g/mol. The smallest absolute Gasteiger partial charge is 0.304 e. The number of hydrogen-bond acceptors (Lipinski definition) is 3. The largest absolute Gasteiger partial charge is 0.481 e. The summed E-state index contributed by atoms with van der Waals surface area (Å²) in [5.41, 5.74) is 0. The third-order valence-electron chi connectivity index (χ3n) is 2.74. The van der Waals surface area contributed by atoms with Gasteiger partial charge in [-0.15, -0.1) is 0 Å². The Morgan fingerprint density at radius 2 is 2.06 bits per heavy atom. The van der Waals surface area contributed by atoms with Crippen molar-refractivity contribution in [3.05, 3.63) is 0 Å². The maximum Gasteiger partial charge on any atom is 0.304 e. The highest BCUT2D eigenvalue weighted by Gasteiger charge is 2.34. The molecule has 16 heavy (non-hydrogen) atoms. The number of carboxylic acid groups (broad SMARTS) is 1. The fourth-order valence-corrected chi connectivity index (χ4v) is 3.23. The van der Waals surface area contributed by atoms with Crippen molar-refractivity contribution >= 4 is 16.2 Å². The lowest BCUT2D eigenvalue weighted by Gasteiger charge is -2.35. The van der Waals surface area contributed by atoms with Crippen LogP contribution in [-0.4, -0.2) is 54.8 Å². The summed E-state index contributed by atoms with van der Waals surface area (Å²) in [6.45, 7) is 0.415. The van der Waals surface area contributed by atoms with Gasteiger partial charge in [-0.1, -0.05) is 6.42 Å². The molecule has 0 amide bonds. The molecule has 0 aromatic heterocycles. The highest BCUT2D eigenvalue weighted by molar-refractivity contribution is 7.86. The van der Waals surface area contributed by atoms with E-state index >= 15 is 0 Å². The van der Waals surface area contributed by atoms with E-state index in [4.69, 9.17) is 5.11 Å². The van der Waals surface area contributed by atoms with Gasteiger partial charge in [0, 0.05) is 26.7 Å². The van der Waals surface area contributed by atoms with E-state index < -0.39 is 22.2 Å². The lowest BCUT2D eigenvalue weighted by Crippen LogP contribution is -2.49. The van der Waals surface area contributed by atoms with Crippen LogP contribution in [0.3, 0.4) is 0 Å². The van der Waals surface area contributed by atoms with Crippen molar-refractivity contribution in [3.8, 4) is 0 Å². The number of rotatable bonds is 4. The van der Waals surface area contributed by atoms with Crippen LogP contribution in [0.2, 0.25) is 0 Å². The SMILES string of the molecule is CN(C)S(=O)(=O)N1CCCCC1CC(=O)O. The summed E-state index contributed by atoms with van der Waals surface area (Å²) < 4.78 is 26.3. The second-order valence-electron chi connectivity index (χ2n) is 4.15. The Bertz CT molecular complexity index is 353. The Labute approximate surface area is 96.0 Å². The summed E-state index contributed by atoms with van der Waals surface area (Å²) in [5.74, 6) is -0.953. The van der Waals surface area contributed by atoms with Crippen LogP contribution < -0.4 is 0 Å². The van der Waals surface area contributed by atoms with Gasteiger partial charge in [-0.25, -0.2) is 0 Å². The molecule has 0 aromatic rings. The average Bonchev–Trinajstić information content (AvgIpc) is 2.17. The molecule has 0 aliphatic carbocycles. The van der Waals surface area contributed by atoms with Gasteiger partial charge in [0.2, 0.25) is 0 Å². The number of carbonyl (C=O) groups is 1. The molecule has 0 bridgehead atoms. The molecule has 1 saturated heterocycles. The Morgan fingerprint density at radius 3 is 2.56 bits per heavy atom. The second-order valence-corrected chi connectivity index (χ2v) is 6.24. The minimum absolute atomic E-state index is 0.118. The molecule has 0 spiro atoms. The number of piperidine rings is 1. The maximum absolute atomic E-state index is 11.9. The van der Waals surface area contributed by atoms with Crippen molar-refractivity contribution in [2.24, 2.45) is 0 Å². The summed E-state index contributed by atoms with van der Waals surface area (Å²) in [6.07, 6.45) is 2.19. The zero-order chi connectivity index (χ0) is 12.3. The van der Waals surface area contributed by atoms with E-state index in [1.807, 2.05) is 0 Å². The predicted octanol–water partition coefficient (Wildman–Crippen LogP) is 0.122. The van der Waals surface area contributed by atoms with E-state index in [-0.39, 0.29) is 6.42 Å². The number of aliphatic carboxylic acids is 1. The van der Waals surface area contributed by atoms with E-state index in [2.05, 4.69) is 0 Å². The van der Waals surface area contributed by atoms with Crippen LogP contribution in [0, 0.1) is 0 Å². The topological polar surface area (TPSA) is 77.9 Å². The van der Waals surface area contributed by atoms with Gasteiger partial charge in [-0.05, 0) is 12.8 Å². The molecule has 1 atom stereocenters. The quantitative estimate of drug-likeness (QED) is 0.769. The van der Waals surface area contributed by atoms with E-state index in [0.29, 0.717) is 13.0 Å². The molecule has 0 aromatic carbocycles. The molecule has 7 heteroatoms. The summed E-state index contributed by atoms with van der Waals surface area (Å²) in [4.78, 5) is 10.7. The summed E-state index contributed by atoms with van der Waals surface area (Å²) in [6, 6.07) is -0.404. The van der Waals surface area contributed by atoms with Gasteiger partial charge in [-0.3, -0.25) is 4.79 Å². The first-order valence-corrected chi connectivity index (χ1v) is 6.66. The normalized spacial score (nSPS) is 23.6. The lowest BCUT2D eigenvalue weighted by atomic mass is 10.0. The minimum atomic E-state index is -3.49. The van der Waals surface area contributed by atoms with Crippen LogP contribution in [-0.2, 0) is 15.0 Å². The van der Waals surface area contributed by atoms with Crippen LogP contribution in [0.4, 0.5) is 0 Å². The van der Waals surface area contributed by atoms with Gasteiger partial charge < -0.3 is 5.11 Å². The predicted molar refractivity (Wildman–Crippen MR) is 59.2 cm³/mol. The fraction of sp³-hybridized carbons (Fsp3) is 0.889. The Morgan fingerprint density at radius 1 is 1.44 bits per heavy atom. The van der Waals surface area contributed by atoms with Crippen LogP contribution in [0.1, 0.15) is 25.7 Å². The third kappa shape index (κ3) is 2.93. The minimum Gasteiger partial charge on any atom is -0.481 e. The molecule has 1 N–H and O–H groups in total. The highest BCUT2D eigenvalue weighted by atomic mass is 32.2. The van der Waals surface area contributed by atoms with Crippen molar-refractivity contribution in [2.75, 3.05) is 20.6 Å². The van der Waals surface area contributed by atoms with Gasteiger partial charge in [0.05, 0.1) is 6.42 Å². The van der Waals surface area contributed by atoms with Gasteiger partial charge in [0.25, 0.3) is 10.2 Å². The summed E-state index contributed by atoms with van der Waals surface area (Å²) >= 11 is 0. The zero-order valence-electron chi connectivity index (χ0n) is 9.59. The molecule has 6 nitrogen and oxygen atoms in total. The first-order chi connectivity index (χ1) is 7.35. The Hall–Kier alpha value is -0.660. The molecule has 0 saturated carbocycles. The monoisotopic (exact) mass is 250 g/mol. The molecule has 1 rings (SSSR count). The molecule has 1 fully saturated rings. The first-order valence-electron chi connectivity index (χ1n) is 5.27. The third-order valence-corrected chi connectivity index (χ3v) is 4.74. The van der Waals surface area contributed by atoms with Gasteiger partial charge in [-0.2, -0.15) is 17.0 Å². The van der Waals surface area contributed by atoms with E-state index in [0.717, 1.165) is 17.1 Å². The molecular weight excluding hydrogens is 232 g/mol.